The molecule has 2 N–H and O–H groups in total. The Morgan fingerprint density at radius 1 is 0.704 bits per heavy atom. The van der Waals surface area contributed by atoms with E-state index in [1.54, 1.807) is 0 Å². The fraction of sp³-hybridized carbons (Fsp3) is 0.188. The summed E-state index contributed by atoms with van der Waals surface area (Å²) in [7, 11) is 0. The SMILES string of the molecule is Nc1ccc(C(=O)c2cc(C(F)(F)F)cc(C(F)(F)F)c2)c(C(F)(F)F)c1. The molecule has 0 radical (unpaired) electrons. The standard InChI is InChI=1S/C16H8F9NO/c17-14(18,19)8-3-7(4-9(5-8)15(20,21)22)13(27)11-2-1-10(26)6-12(11)16(23,24)25/h1-6H,26H2. The van der Waals surface area contributed by atoms with Gasteiger partial charge >= 0.3 is 18.5 Å². The number of nitrogens with two attached hydrogens (primary N) is 1. The molecule has 2 aromatic carbocycles. The number of anilines is 1. The molecule has 146 valence electrons. The maximum Gasteiger partial charge on any atom is 0.417 e. The molecular weight excluding hydrogens is 393 g/mol. The van der Waals surface area contributed by atoms with Crippen LogP contribution >= 0.6 is 0 Å². The third-order valence-electron chi connectivity index (χ3n) is 3.44. The average molecular weight is 401 g/mol. The average Bonchev–Trinajstić information content (AvgIpc) is 2.51. The largest absolute Gasteiger partial charge is 0.417 e. The van der Waals surface area contributed by atoms with E-state index in [-0.39, 0.29) is 23.9 Å². The Morgan fingerprint density at radius 2 is 1.19 bits per heavy atom. The Bertz CT molecular complexity index is 847. The van der Waals surface area contributed by atoms with Crippen LogP contribution in [0.5, 0.6) is 0 Å². The smallest absolute Gasteiger partial charge is 0.399 e. The monoisotopic (exact) mass is 401 g/mol. The molecule has 0 aliphatic rings. The van der Waals surface area contributed by atoms with Crippen LogP contribution < -0.4 is 5.73 Å². The molecule has 2 aromatic rings. The quantitative estimate of drug-likeness (QED) is 0.407. The summed E-state index contributed by atoms with van der Waals surface area (Å²) < 4.78 is 116. The molecule has 0 amide bonds. The van der Waals surface area contributed by atoms with Gasteiger partial charge < -0.3 is 5.73 Å². The van der Waals surface area contributed by atoms with E-state index < -0.39 is 52.1 Å². The van der Waals surface area contributed by atoms with Gasteiger partial charge in [0.15, 0.2) is 5.78 Å². The van der Waals surface area contributed by atoms with E-state index in [2.05, 4.69) is 0 Å². The number of carbonyl (C=O) groups excluding carboxylic acids is 1. The van der Waals surface area contributed by atoms with Crippen molar-refractivity contribution in [3.8, 4) is 0 Å². The van der Waals surface area contributed by atoms with E-state index >= 15 is 0 Å². The predicted molar refractivity (Wildman–Crippen MR) is 75.7 cm³/mol. The van der Waals surface area contributed by atoms with Crippen LogP contribution in [0.1, 0.15) is 32.6 Å². The Balaban J connectivity index is 2.71. The first-order valence-corrected chi connectivity index (χ1v) is 6.91. The predicted octanol–water partition coefficient (Wildman–Crippen LogP) is 5.56. The highest BCUT2D eigenvalue weighted by Crippen LogP contribution is 2.38. The first-order chi connectivity index (χ1) is 12.1. The van der Waals surface area contributed by atoms with Gasteiger partial charge in [0, 0.05) is 16.8 Å². The molecule has 27 heavy (non-hydrogen) atoms. The molecule has 11 heteroatoms. The number of rotatable bonds is 2. The topological polar surface area (TPSA) is 43.1 Å². The number of hydrogen-bond donors (Lipinski definition) is 1. The van der Waals surface area contributed by atoms with Crippen LogP contribution in [0.3, 0.4) is 0 Å². The molecule has 0 fully saturated rings. The molecule has 0 saturated carbocycles. The second kappa shape index (κ2) is 6.46. The van der Waals surface area contributed by atoms with Crippen molar-refractivity contribution in [3.63, 3.8) is 0 Å². The van der Waals surface area contributed by atoms with Gasteiger partial charge in [-0.15, -0.1) is 0 Å². The first kappa shape index (κ1) is 20.6. The Kier molecular flexibility index (Phi) is 4.93. The van der Waals surface area contributed by atoms with Crippen molar-refractivity contribution in [3.05, 3.63) is 64.2 Å². The third-order valence-corrected chi connectivity index (χ3v) is 3.44. The van der Waals surface area contributed by atoms with E-state index in [9.17, 15) is 44.3 Å². The zero-order chi connectivity index (χ0) is 20.8. The van der Waals surface area contributed by atoms with Crippen molar-refractivity contribution in [2.75, 3.05) is 5.73 Å². The highest BCUT2D eigenvalue weighted by molar-refractivity contribution is 6.10. The van der Waals surface area contributed by atoms with Crippen molar-refractivity contribution in [2.45, 2.75) is 18.5 Å². The van der Waals surface area contributed by atoms with Gasteiger partial charge in [-0.25, -0.2) is 0 Å². The minimum atomic E-state index is -5.25. The highest BCUT2D eigenvalue weighted by atomic mass is 19.4. The van der Waals surface area contributed by atoms with E-state index in [0.29, 0.717) is 12.1 Å². The summed E-state index contributed by atoms with van der Waals surface area (Å²) in [6, 6.07) is 1.73. The van der Waals surface area contributed by atoms with Gasteiger partial charge in [-0.1, -0.05) is 0 Å². The van der Waals surface area contributed by atoms with E-state index in [1.807, 2.05) is 0 Å². The summed E-state index contributed by atoms with van der Waals surface area (Å²) in [5, 5.41) is 0. The molecule has 0 atom stereocenters. The second-order valence-electron chi connectivity index (χ2n) is 5.43. The molecule has 0 aliphatic carbocycles. The lowest BCUT2D eigenvalue weighted by Gasteiger charge is -2.16. The normalized spacial score (nSPS) is 12.9. The van der Waals surface area contributed by atoms with Gasteiger partial charge in [0.2, 0.25) is 0 Å². The minimum Gasteiger partial charge on any atom is -0.399 e. The number of alkyl halides is 9. The van der Waals surface area contributed by atoms with Crippen LogP contribution in [-0.4, -0.2) is 5.78 Å². The zero-order valence-corrected chi connectivity index (χ0v) is 12.9. The fourth-order valence-electron chi connectivity index (χ4n) is 2.24. The van der Waals surface area contributed by atoms with E-state index in [1.165, 1.54) is 0 Å². The summed E-state index contributed by atoms with van der Waals surface area (Å²) in [6.07, 6.45) is -15.6. The van der Waals surface area contributed by atoms with Crippen molar-refractivity contribution < 1.29 is 44.3 Å². The molecular formula is C16H8F9NO. The van der Waals surface area contributed by atoms with Crippen LogP contribution in [0.2, 0.25) is 0 Å². The van der Waals surface area contributed by atoms with Crippen LogP contribution in [0.15, 0.2) is 36.4 Å². The van der Waals surface area contributed by atoms with Gasteiger partial charge in [0.25, 0.3) is 0 Å². The number of ketones is 1. The molecule has 2 nitrogen and oxygen atoms in total. The van der Waals surface area contributed by atoms with Crippen LogP contribution in [-0.2, 0) is 18.5 Å². The minimum absolute atomic E-state index is 0.0636. The molecule has 0 aliphatic heterocycles. The summed E-state index contributed by atoms with van der Waals surface area (Å²) in [5.74, 6) is -1.65. The first-order valence-electron chi connectivity index (χ1n) is 6.91. The van der Waals surface area contributed by atoms with Gasteiger partial charge in [-0.3, -0.25) is 4.79 Å². The number of hydrogen-bond acceptors (Lipinski definition) is 2. The van der Waals surface area contributed by atoms with Crippen molar-refractivity contribution in [1.82, 2.24) is 0 Å². The van der Waals surface area contributed by atoms with Crippen molar-refractivity contribution in [2.24, 2.45) is 0 Å². The molecule has 0 aromatic heterocycles. The molecule has 0 bridgehead atoms. The van der Waals surface area contributed by atoms with Crippen LogP contribution in [0.25, 0.3) is 0 Å². The molecule has 0 unspecified atom stereocenters. The van der Waals surface area contributed by atoms with Gasteiger partial charge in [-0.2, -0.15) is 39.5 Å². The molecule has 0 heterocycles. The lowest BCUT2D eigenvalue weighted by Crippen LogP contribution is -2.17. The summed E-state index contributed by atoms with van der Waals surface area (Å²) in [5.41, 5.74) is -2.68. The summed E-state index contributed by atoms with van der Waals surface area (Å²) in [6.45, 7) is 0. The Hall–Kier alpha value is -2.72. The highest BCUT2D eigenvalue weighted by Gasteiger charge is 2.39. The van der Waals surface area contributed by atoms with E-state index in [4.69, 9.17) is 5.73 Å². The maximum atomic E-state index is 13.1. The van der Waals surface area contributed by atoms with Crippen molar-refractivity contribution >= 4 is 11.5 Å². The zero-order valence-electron chi connectivity index (χ0n) is 12.9. The van der Waals surface area contributed by atoms with E-state index in [0.717, 1.165) is 6.07 Å². The Labute approximate surface area is 145 Å². The van der Waals surface area contributed by atoms with Gasteiger partial charge in [-0.05, 0) is 36.4 Å². The third kappa shape index (κ3) is 4.52. The molecule has 0 spiro atoms. The Morgan fingerprint density at radius 3 is 1.59 bits per heavy atom. The van der Waals surface area contributed by atoms with Gasteiger partial charge in [0.05, 0.1) is 16.7 Å². The molecule has 0 saturated heterocycles. The van der Waals surface area contributed by atoms with Gasteiger partial charge in [0.1, 0.15) is 0 Å². The maximum absolute atomic E-state index is 13.1. The van der Waals surface area contributed by atoms with Crippen LogP contribution in [0.4, 0.5) is 45.2 Å². The molecule has 2 rings (SSSR count). The fourth-order valence-corrected chi connectivity index (χ4v) is 2.24. The summed E-state index contributed by atoms with van der Waals surface area (Å²) in [4.78, 5) is 12.3. The number of benzene rings is 2. The van der Waals surface area contributed by atoms with Crippen molar-refractivity contribution in [1.29, 1.82) is 0 Å². The second-order valence-corrected chi connectivity index (χ2v) is 5.43. The number of carbonyl (C=O) groups is 1. The number of nitrogen functional groups attached to an aromatic ring is 1. The summed E-state index contributed by atoms with van der Waals surface area (Å²) >= 11 is 0. The lowest BCUT2D eigenvalue weighted by molar-refractivity contribution is -0.143. The lowest BCUT2D eigenvalue weighted by atomic mass is 9.94. The van der Waals surface area contributed by atoms with Crippen LogP contribution in [0, 0.1) is 0 Å². The number of halogens is 9.